The summed E-state index contributed by atoms with van der Waals surface area (Å²) in [4.78, 5) is 18.9. The maximum absolute atomic E-state index is 12.0. The van der Waals surface area contributed by atoms with E-state index in [9.17, 15) is 9.90 Å². The van der Waals surface area contributed by atoms with Crippen LogP contribution in [-0.4, -0.2) is 15.1 Å². The summed E-state index contributed by atoms with van der Waals surface area (Å²) in [5, 5.41) is 18.9. The number of H-pyrrole nitrogens is 1. The molecule has 3 aromatic rings. The van der Waals surface area contributed by atoms with Gasteiger partial charge < -0.3 is 10.1 Å². The average molecular weight is 289 g/mol. The van der Waals surface area contributed by atoms with Gasteiger partial charge in [-0.3, -0.25) is 4.79 Å². The lowest BCUT2D eigenvalue weighted by molar-refractivity contribution is 0.515. The van der Waals surface area contributed by atoms with Gasteiger partial charge in [0, 0.05) is 11.6 Å². The quantitative estimate of drug-likeness (QED) is 0.710. The first-order chi connectivity index (χ1) is 10.7. The second kappa shape index (κ2) is 5.54. The molecule has 106 valence electrons. The Morgan fingerprint density at radius 2 is 2.00 bits per heavy atom. The molecule has 2 N–H and O–H groups in total. The van der Waals surface area contributed by atoms with Crippen LogP contribution in [0.1, 0.15) is 16.8 Å². The van der Waals surface area contributed by atoms with Crippen molar-refractivity contribution in [1.29, 1.82) is 5.26 Å². The van der Waals surface area contributed by atoms with Gasteiger partial charge in [0.15, 0.2) is 0 Å². The molecule has 0 aliphatic carbocycles. The fraction of sp³-hybridized carbons (Fsp3) is 0. The molecule has 3 rings (SSSR count). The Labute approximate surface area is 125 Å². The largest absolute Gasteiger partial charge is 0.507 e. The molecule has 5 nitrogen and oxygen atoms in total. The summed E-state index contributed by atoms with van der Waals surface area (Å²) < 4.78 is 0. The van der Waals surface area contributed by atoms with Crippen molar-refractivity contribution in [3.8, 4) is 6.07 Å². The number of hydrogen-bond donors (Lipinski definition) is 2. The Bertz CT molecular complexity index is 967. The lowest BCUT2D eigenvalue weighted by Gasteiger charge is -2.02. The van der Waals surface area contributed by atoms with E-state index in [0.29, 0.717) is 22.2 Å². The minimum absolute atomic E-state index is 0.0356. The number of aliphatic hydroxyl groups is 1. The van der Waals surface area contributed by atoms with Gasteiger partial charge in [0.25, 0.3) is 5.56 Å². The summed E-state index contributed by atoms with van der Waals surface area (Å²) in [7, 11) is 0. The van der Waals surface area contributed by atoms with Gasteiger partial charge in [-0.2, -0.15) is 5.26 Å². The zero-order chi connectivity index (χ0) is 15.5. The Morgan fingerprint density at radius 1 is 1.23 bits per heavy atom. The summed E-state index contributed by atoms with van der Waals surface area (Å²) in [5.74, 6) is -0.0356. The lowest BCUT2D eigenvalue weighted by Crippen LogP contribution is -2.12. The highest BCUT2D eigenvalue weighted by molar-refractivity contribution is 5.80. The van der Waals surface area contributed by atoms with E-state index in [-0.39, 0.29) is 11.5 Å². The third kappa shape index (κ3) is 2.58. The first-order valence-corrected chi connectivity index (χ1v) is 6.57. The van der Waals surface area contributed by atoms with Crippen LogP contribution in [-0.2, 0) is 0 Å². The minimum Gasteiger partial charge on any atom is -0.507 e. The predicted octanol–water partition coefficient (Wildman–Crippen LogP) is 2.85. The summed E-state index contributed by atoms with van der Waals surface area (Å²) in [6, 6.07) is 15.7. The van der Waals surface area contributed by atoms with Crippen LogP contribution in [0.25, 0.3) is 22.9 Å². The van der Waals surface area contributed by atoms with E-state index in [4.69, 9.17) is 5.26 Å². The number of fused-ring (bicyclic) bond motifs is 1. The topological polar surface area (TPSA) is 89.8 Å². The van der Waals surface area contributed by atoms with Crippen molar-refractivity contribution in [3.63, 3.8) is 0 Å². The average Bonchev–Trinajstić information content (AvgIpc) is 2.56. The molecule has 0 aliphatic rings. The van der Waals surface area contributed by atoms with E-state index in [1.54, 1.807) is 42.5 Å². The molecular weight excluding hydrogens is 278 g/mol. The van der Waals surface area contributed by atoms with E-state index >= 15 is 0 Å². The molecule has 0 bridgehead atoms. The van der Waals surface area contributed by atoms with E-state index in [1.807, 2.05) is 12.1 Å². The molecule has 0 radical (unpaired) electrons. The molecule has 1 heterocycles. The number of hydrogen-bond acceptors (Lipinski definition) is 4. The van der Waals surface area contributed by atoms with E-state index in [0.717, 1.165) is 0 Å². The molecule has 1 aromatic heterocycles. The smallest absolute Gasteiger partial charge is 0.274 e. The van der Waals surface area contributed by atoms with Crippen molar-refractivity contribution in [2.24, 2.45) is 0 Å². The van der Waals surface area contributed by atoms with Crippen molar-refractivity contribution in [1.82, 2.24) is 9.97 Å². The van der Waals surface area contributed by atoms with Crippen LogP contribution in [0.2, 0.25) is 0 Å². The Kier molecular flexibility index (Phi) is 3.42. The summed E-state index contributed by atoms with van der Waals surface area (Å²) in [6.07, 6.45) is 1.33. The molecule has 22 heavy (non-hydrogen) atoms. The Morgan fingerprint density at radius 3 is 2.73 bits per heavy atom. The molecule has 0 amide bonds. The molecule has 2 aromatic carbocycles. The van der Waals surface area contributed by atoms with Crippen LogP contribution in [0.15, 0.2) is 53.3 Å². The third-order valence-corrected chi connectivity index (χ3v) is 3.19. The zero-order valence-corrected chi connectivity index (χ0v) is 11.4. The summed E-state index contributed by atoms with van der Waals surface area (Å²) in [6.45, 7) is 0. The second-order valence-corrected chi connectivity index (χ2v) is 4.69. The fourth-order valence-electron chi connectivity index (χ4n) is 2.09. The van der Waals surface area contributed by atoms with Crippen molar-refractivity contribution in [2.75, 3.05) is 0 Å². The summed E-state index contributed by atoms with van der Waals surface area (Å²) in [5.41, 5.74) is 1.76. The van der Waals surface area contributed by atoms with Gasteiger partial charge in [0.05, 0.1) is 22.7 Å². The normalized spacial score (nSPS) is 11.3. The maximum Gasteiger partial charge on any atom is 0.274 e. The number of nitrogens with zero attached hydrogens (tertiary/aromatic N) is 2. The zero-order valence-electron chi connectivity index (χ0n) is 11.4. The van der Waals surface area contributed by atoms with Gasteiger partial charge in [-0.25, -0.2) is 4.98 Å². The highest BCUT2D eigenvalue weighted by Crippen LogP contribution is 2.14. The van der Waals surface area contributed by atoms with Crippen LogP contribution in [0.4, 0.5) is 0 Å². The van der Waals surface area contributed by atoms with Gasteiger partial charge in [0.1, 0.15) is 11.5 Å². The number of aliphatic hydroxyl groups excluding tert-OH is 1. The van der Waals surface area contributed by atoms with Crippen LogP contribution >= 0.6 is 0 Å². The minimum atomic E-state index is -0.426. The lowest BCUT2D eigenvalue weighted by atomic mass is 10.1. The highest BCUT2D eigenvalue weighted by atomic mass is 16.3. The molecule has 0 atom stereocenters. The van der Waals surface area contributed by atoms with Crippen molar-refractivity contribution in [3.05, 3.63) is 75.7 Å². The van der Waals surface area contributed by atoms with Gasteiger partial charge in [0.2, 0.25) is 0 Å². The van der Waals surface area contributed by atoms with Crippen LogP contribution in [0.5, 0.6) is 0 Å². The van der Waals surface area contributed by atoms with Gasteiger partial charge in [-0.05, 0) is 18.2 Å². The van der Waals surface area contributed by atoms with E-state index < -0.39 is 5.56 Å². The third-order valence-electron chi connectivity index (χ3n) is 3.19. The molecule has 0 spiro atoms. The molecule has 0 aliphatic heterocycles. The van der Waals surface area contributed by atoms with Crippen molar-refractivity contribution < 1.29 is 5.11 Å². The number of benzene rings is 2. The fourth-order valence-corrected chi connectivity index (χ4v) is 2.09. The molecule has 5 heteroatoms. The first-order valence-electron chi connectivity index (χ1n) is 6.57. The molecule has 0 unspecified atom stereocenters. The van der Waals surface area contributed by atoms with Gasteiger partial charge >= 0.3 is 0 Å². The van der Waals surface area contributed by atoms with Crippen LogP contribution in [0.3, 0.4) is 0 Å². The van der Waals surface area contributed by atoms with Crippen LogP contribution in [0, 0.1) is 11.3 Å². The number of aromatic amines is 1. The maximum atomic E-state index is 12.0. The Balaban J connectivity index is 2.10. The molecule has 0 saturated carbocycles. The molecule has 0 fully saturated rings. The van der Waals surface area contributed by atoms with Gasteiger partial charge in [-0.15, -0.1) is 0 Å². The predicted molar refractivity (Wildman–Crippen MR) is 84.0 cm³/mol. The summed E-state index contributed by atoms with van der Waals surface area (Å²) >= 11 is 0. The number of nitrogens with one attached hydrogen (secondary N) is 1. The first kappa shape index (κ1) is 13.6. The van der Waals surface area contributed by atoms with E-state index in [2.05, 4.69) is 9.97 Å². The van der Waals surface area contributed by atoms with E-state index in [1.165, 1.54) is 6.08 Å². The van der Waals surface area contributed by atoms with Crippen molar-refractivity contribution >= 4 is 22.9 Å². The molecular formula is C17H11N3O2. The second-order valence-electron chi connectivity index (χ2n) is 4.69. The highest BCUT2D eigenvalue weighted by Gasteiger charge is 2.06. The SMILES string of the molecule is N#Cc1ccc2nc(/C=C(\O)c3ccccc3)c(=O)[nH]c2c1. The number of aromatic nitrogens is 2. The van der Waals surface area contributed by atoms with Crippen LogP contribution < -0.4 is 5.56 Å². The standard InChI is InChI=1S/C17H11N3O2/c18-10-11-6-7-13-14(8-11)20-17(22)15(19-13)9-16(21)12-4-2-1-3-5-12/h1-9,21H,(H,20,22)/b16-9-. The monoisotopic (exact) mass is 289 g/mol. The van der Waals surface area contributed by atoms with Crippen molar-refractivity contribution in [2.45, 2.75) is 0 Å². The molecule has 0 saturated heterocycles. The number of rotatable bonds is 2. The van der Waals surface area contributed by atoms with Gasteiger partial charge in [-0.1, -0.05) is 30.3 Å². The Hall–Kier alpha value is -3.39. The number of nitriles is 1.